The standard InChI is InChI=1S/C14H17BrFN3O3/c15-11-7-8(1-6-12(11)16)13-14(19(21)22-18-13)17-9-2-4-10(20)5-3-9/h1,6-7,9-10,17-18,20-21H,2-5H2. The smallest absolute Gasteiger partial charge is 0.186 e. The summed E-state index contributed by atoms with van der Waals surface area (Å²) in [6.07, 6.45) is 2.81. The molecule has 1 aromatic carbocycles. The molecule has 8 heteroatoms. The number of aliphatic hydroxyl groups excluding tert-OH is 1. The van der Waals surface area contributed by atoms with E-state index in [1.165, 1.54) is 6.07 Å². The van der Waals surface area contributed by atoms with Crippen LogP contribution in [0.1, 0.15) is 31.2 Å². The minimum Gasteiger partial charge on any atom is -0.393 e. The zero-order valence-electron chi connectivity index (χ0n) is 11.7. The van der Waals surface area contributed by atoms with Crippen molar-refractivity contribution >= 4 is 21.6 Å². The molecule has 1 aromatic rings. The summed E-state index contributed by atoms with van der Waals surface area (Å²) in [5.41, 5.74) is 3.81. The summed E-state index contributed by atoms with van der Waals surface area (Å²) >= 11 is 3.14. The molecule has 0 atom stereocenters. The van der Waals surface area contributed by atoms with Gasteiger partial charge in [0.15, 0.2) is 5.82 Å². The second kappa shape index (κ2) is 6.41. The molecule has 0 bridgehead atoms. The first-order valence-electron chi connectivity index (χ1n) is 7.11. The summed E-state index contributed by atoms with van der Waals surface area (Å²) in [5.74, 6) is 0.0137. The Morgan fingerprint density at radius 3 is 2.73 bits per heavy atom. The summed E-state index contributed by atoms with van der Waals surface area (Å²) in [4.78, 5) is 4.91. The van der Waals surface area contributed by atoms with E-state index in [1.54, 1.807) is 12.1 Å². The minimum atomic E-state index is -0.361. The molecular formula is C14H17BrFN3O3. The molecule has 6 nitrogen and oxygen atoms in total. The Labute approximate surface area is 135 Å². The van der Waals surface area contributed by atoms with Gasteiger partial charge in [-0.25, -0.2) is 9.87 Å². The van der Waals surface area contributed by atoms with Crippen molar-refractivity contribution in [3.8, 4) is 0 Å². The summed E-state index contributed by atoms with van der Waals surface area (Å²) in [6.45, 7) is 0. The molecule has 0 spiro atoms. The Balaban J connectivity index is 1.82. The van der Waals surface area contributed by atoms with Crippen molar-refractivity contribution < 1.29 is 19.6 Å². The first-order valence-corrected chi connectivity index (χ1v) is 7.90. The van der Waals surface area contributed by atoms with E-state index in [4.69, 9.17) is 4.94 Å². The normalized spacial score (nSPS) is 25.4. The molecule has 22 heavy (non-hydrogen) atoms. The highest BCUT2D eigenvalue weighted by Crippen LogP contribution is 2.27. The van der Waals surface area contributed by atoms with Gasteiger partial charge < -0.3 is 10.4 Å². The van der Waals surface area contributed by atoms with Gasteiger partial charge in [0.25, 0.3) is 0 Å². The van der Waals surface area contributed by atoms with Gasteiger partial charge in [-0.15, -0.1) is 4.94 Å². The topological polar surface area (TPSA) is 77.0 Å². The van der Waals surface area contributed by atoms with Crippen molar-refractivity contribution in [3.05, 3.63) is 39.9 Å². The van der Waals surface area contributed by atoms with Gasteiger partial charge >= 0.3 is 0 Å². The number of hydrogen-bond donors (Lipinski definition) is 4. The molecule has 1 aliphatic carbocycles. The van der Waals surface area contributed by atoms with E-state index in [0.717, 1.165) is 25.7 Å². The monoisotopic (exact) mass is 373 g/mol. The number of hydrogen-bond acceptors (Lipinski definition) is 6. The van der Waals surface area contributed by atoms with Crippen molar-refractivity contribution in [1.29, 1.82) is 0 Å². The Morgan fingerprint density at radius 2 is 2.05 bits per heavy atom. The first kappa shape index (κ1) is 15.5. The van der Waals surface area contributed by atoms with Crippen molar-refractivity contribution in [2.45, 2.75) is 37.8 Å². The molecule has 1 heterocycles. The lowest BCUT2D eigenvalue weighted by Crippen LogP contribution is -2.37. The SMILES string of the molecule is OC1CCC(NC2=C(c3ccc(F)c(Br)c3)NON2O)CC1. The highest BCUT2D eigenvalue weighted by Gasteiger charge is 2.28. The second-order valence-electron chi connectivity index (χ2n) is 5.47. The molecule has 1 fully saturated rings. The molecule has 0 saturated heterocycles. The maximum atomic E-state index is 13.4. The van der Waals surface area contributed by atoms with Gasteiger partial charge in [0.2, 0.25) is 0 Å². The van der Waals surface area contributed by atoms with Crippen LogP contribution in [0.5, 0.6) is 0 Å². The Morgan fingerprint density at radius 1 is 1.32 bits per heavy atom. The number of aliphatic hydroxyl groups is 1. The van der Waals surface area contributed by atoms with Crippen LogP contribution in [-0.4, -0.2) is 27.7 Å². The molecule has 4 N–H and O–H groups in total. The van der Waals surface area contributed by atoms with E-state index in [1.807, 2.05) is 0 Å². The summed E-state index contributed by atoms with van der Waals surface area (Å²) in [7, 11) is 0. The highest BCUT2D eigenvalue weighted by atomic mass is 79.9. The van der Waals surface area contributed by atoms with Gasteiger partial charge in [0.1, 0.15) is 11.5 Å². The highest BCUT2D eigenvalue weighted by molar-refractivity contribution is 9.10. The summed E-state index contributed by atoms with van der Waals surface area (Å²) in [5, 5.41) is 23.2. The van der Waals surface area contributed by atoms with E-state index < -0.39 is 0 Å². The van der Waals surface area contributed by atoms with Crippen LogP contribution < -0.4 is 10.8 Å². The maximum absolute atomic E-state index is 13.4. The third kappa shape index (κ3) is 3.19. The first-order chi connectivity index (χ1) is 10.5. The fraction of sp³-hybridized carbons (Fsp3) is 0.429. The van der Waals surface area contributed by atoms with Crippen LogP contribution in [0.25, 0.3) is 5.70 Å². The molecule has 0 radical (unpaired) electrons. The van der Waals surface area contributed by atoms with Crippen molar-refractivity contribution in [2.24, 2.45) is 0 Å². The van der Waals surface area contributed by atoms with Crippen LogP contribution in [-0.2, 0) is 4.94 Å². The minimum absolute atomic E-state index is 0.135. The predicted molar refractivity (Wildman–Crippen MR) is 80.3 cm³/mol. The molecule has 0 aromatic heterocycles. The van der Waals surface area contributed by atoms with Crippen LogP contribution in [0.3, 0.4) is 0 Å². The molecule has 2 aliphatic rings. The quantitative estimate of drug-likeness (QED) is 0.650. The van der Waals surface area contributed by atoms with Crippen LogP contribution in [0.4, 0.5) is 4.39 Å². The van der Waals surface area contributed by atoms with Gasteiger partial charge in [0, 0.05) is 11.6 Å². The van der Waals surface area contributed by atoms with Crippen LogP contribution in [0.15, 0.2) is 28.5 Å². The number of halogens is 2. The largest absolute Gasteiger partial charge is 0.393 e. The van der Waals surface area contributed by atoms with Crippen LogP contribution >= 0.6 is 15.9 Å². The van der Waals surface area contributed by atoms with Crippen molar-refractivity contribution in [2.75, 3.05) is 0 Å². The van der Waals surface area contributed by atoms with E-state index in [9.17, 15) is 14.7 Å². The lowest BCUT2D eigenvalue weighted by Gasteiger charge is -2.28. The van der Waals surface area contributed by atoms with E-state index >= 15 is 0 Å². The average molecular weight is 374 g/mol. The van der Waals surface area contributed by atoms with E-state index in [-0.39, 0.29) is 18.0 Å². The number of benzene rings is 1. The third-order valence-electron chi connectivity index (χ3n) is 3.91. The lowest BCUT2D eigenvalue weighted by molar-refractivity contribution is -0.326. The zero-order valence-corrected chi connectivity index (χ0v) is 13.3. The zero-order chi connectivity index (χ0) is 15.7. The second-order valence-corrected chi connectivity index (χ2v) is 6.32. The summed E-state index contributed by atoms with van der Waals surface area (Å²) in [6, 6.07) is 4.67. The predicted octanol–water partition coefficient (Wildman–Crippen LogP) is 2.25. The fourth-order valence-electron chi connectivity index (χ4n) is 2.67. The Bertz CT molecular complexity index is 591. The lowest BCUT2D eigenvalue weighted by atomic mass is 9.93. The molecular weight excluding hydrogens is 357 g/mol. The van der Waals surface area contributed by atoms with Gasteiger partial charge in [-0.1, -0.05) is 5.23 Å². The Hall–Kier alpha value is -1.35. The number of hydroxylamine groups is 3. The van der Waals surface area contributed by atoms with Crippen molar-refractivity contribution in [3.63, 3.8) is 0 Å². The molecule has 0 amide bonds. The Kier molecular flexibility index (Phi) is 4.53. The number of rotatable bonds is 3. The van der Waals surface area contributed by atoms with Gasteiger partial charge in [-0.05, 0) is 59.8 Å². The molecule has 3 rings (SSSR count). The van der Waals surface area contributed by atoms with E-state index in [2.05, 4.69) is 26.7 Å². The van der Waals surface area contributed by atoms with Gasteiger partial charge in [-0.3, -0.25) is 5.21 Å². The van der Waals surface area contributed by atoms with Crippen LogP contribution in [0, 0.1) is 5.82 Å². The molecule has 120 valence electrons. The number of nitrogens with one attached hydrogen (secondary N) is 2. The third-order valence-corrected chi connectivity index (χ3v) is 4.52. The average Bonchev–Trinajstić information content (AvgIpc) is 2.86. The van der Waals surface area contributed by atoms with E-state index in [0.29, 0.717) is 26.8 Å². The van der Waals surface area contributed by atoms with Gasteiger partial charge in [-0.2, -0.15) is 0 Å². The van der Waals surface area contributed by atoms with Crippen molar-refractivity contribution in [1.82, 2.24) is 16.0 Å². The maximum Gasteiger partial charge on any atom is 0.186 e. The molecule has 1 aliphatic heterocycles. The fourth-order valence-corrected chi connectivity index (χ4v) is 3.05. The number of nitrogens with zero attached hydrogens (tertiary/aromatic N) is 1. The molecule has 0 unspecified atom stereocenters. The molecule has 1 saturated carbocycles. The summed E-state index contributed by atoms with van der Waals surface area (Å²) < 4.78 is 13.7. The van der Waals surface area contributed by atoms with Gasteiger partial charge in [0.05, 0.1) is 10.6 Å². The van der Waals surface area contributed by atoms with Crippen LogP contribution in [0.2, 0.25) is 0 Å².